The molecule has 150 valence electrons. The number of aliphatic hydroxyl groups is 1. The zero-order chi connectivity index (χ0) is 20.5. The smallest absolute Gasteiger partial charge is 0.266 e. The van der Waals surface area contributed by atoms with E-state index < -0.39 is 0 Å². The van der Waals surface area contributed by atoms with Gasteiger partial charge in [-0.3, -0.25) is 9.69 Å². The second kappa shape index (κ2) is 7.96. The average molecular weight is 429 g/mol. The SMILES string of the molecule is N#Cc1c(N)nc2sc(C(=O)N3CCN(CCO)CC3)c(N)c2c1-c1cccs1. The van der Waals surface area contributed by atoms with Crippen molar-refractivity contribution >= 4 is 50.3 Å². The molecule has 8 nitrogen and oxygen atoms in total. The number of carbonyl (C=O) groups excluding carboxylic acids is 1. The summed E-state index contributed by atoms with van der Waals surface area (Å²) in [4.78, 5) is 23.3. The van der Waals surface area contributed by atoms with Gasteiger partial charge in [-0.25, -0.2) is 4.98 Å². The van der Waals surface area contributed by atoms with Crippen LogP contribution in [0.4, 0.5) is 11.5 Å². The molecule has 0 aromatic carbocycles. The van der Waals surface area contributed by atoms with Crippen molar-refractivity contribution < 1.29 is 9.90 Å². The predicted octanol–water partition coefficient (Wildman–Crippen LogP) is 1.81. The second-order valence-electron chi connectivity index (χ2n) is 6.72. The van der Waals surface area contributed by atoms with E-state index in [1.54, 1.807) is 4.90 Å². The zero-order valence-electron chi connectivity index (χ0n) is 15.6. The Morgan fingerprint density at radius 1 is 1.31 bits per heavy atom. The van der Waals surface area contributed by atoms with Crippen molar-refractivity contribution in [3.05, 3.63) is 28.0 Å². The molecule has 0 spiro atoms. The Hall–Kier alpha value is -2.71. The number of aromatic nitrogens is 1. The molecule has 1 fully saturated rings. The molecule has 0 radical (unpaired) electrons. The van der Waals surface area contributed by atoms with Crippen LogP contribution < -0.4 is 11.5 Å². The number of hydrogen-bond donors (Lipinski definition) is 3. The van der Waals surface area contributed by atoms with Gasteiger partial charge in [0.05, 0.1) is 12.3 Å². The number of nitrogen functional groups attached to an aromatic ring is 2. The number of piperazine rings is 1. The Balaban J connectivity index is 1.76. The highest BCUT2D eigenvalue weighted by Crippen LogP contribution is 2.44. The summed E-state index contributed by atoms with van der Waals surface area (Å²) in [7, 11) is 0. The lowest BCUT2D eigenvalue weighted by molar-refractivity contribution is 0.0620. The minimum absolute atomic E-state index is 0.108. The summed E-state index contributed by atoms with van der Waals surface area (Å²) in [6.45, 7) is 3.28. The van der Waals surface area contributed by atoms with E-state index in [9.17, 15) is 10.1 Å². The summed E-state index contributed by atoms with van der Waals surface area (Å²) in [6.07, 6.45) is 0. The lowest BCUT2D eigenvalue weighted by atomic mass is 10.0. The fourth-order valence-corrected chi connectivity index (χ4v) is 5.43. The molecule has 0 atom stereocenters. The molecule has 3 aromatic rings. The van der Waals surface area contributed by atoms with Crippen LogP contribution in [0.2, 0.25) is 0 Å². The van der Waals surface area contributed by atoms with Crippen molar-refractivity contribution in [2.24, 2.45) is 0 Å². The van der Waals surface area contributed by atoms with Crippen molar-refractivity contribution in [2.45, 2.75) is 0 Å². The lowest BCUT2D eigenvalue weighted by Gasteiger charge is -2.34. The molecule has 1 aliphatic heterocycles. The van der Waals surface area contributed by atoms with Crippen LogP contribution in [0.25, 0.3) is 20.7 Å². The highest BCUT2D eigenvalue weighted by molar-refractivity contribution is 7.21. The Kier molecular flexibility index (Phi) is 5.38. The molecule has 3 aromatic heterocycles. The molecule has 0 aliphatic carbocycles. The van der Waals surface area contributed by atoms with Crippen LogP contribution in [0.3, 0.4) is 0 Å². The third-order valence-corrected chi connectivity index (χ3v) is 7.03. The summed E-state index contributed by atoms with van der Waals surface area (Å²) >= 11 is 2.70. The molecule has 1 amide bonds. The fraction of sp³-hybridized carbons (Fsp3) is 0.316. The normalized spacial score (nSPS) is 15.0. The maximum Gasteiger partial charge on any atom is 0.266 e. The highest BCUT2D eigenvalue weighted by Gasteiger charge is 2.28. The quantitative estimate of drug-likeness (QED) is 0.577. The van der Waals surface area contributed by atoms with Gasteiger partial charge < -0.3 is 21.5 Å². The third kappa shape index (κ3) is 3.42. The van der Waals surface area contributed by atoms with E-state index in [0.717, 1.165) is 4.88 Å². The largest absolute Gasteiger partial charge is 0.397 e. The standard InChI is InChI=1S/C19H20N6O2S2/c20-10-11-13(12-2-1-9-28-12)14-15(21)16(29-18(14)23-17(11)22)19(27)25-5-3-24(4-6-25)7-8-26/h1-2,9,26H,3-8,21H2,(H2,22,23). The van der Waals surface area contributed by atoms with E-state index in [2.05, 4.69) is 16.0 Å². The summed E-state index contributed by atoms with van der Waals surface area (Å²) in [5.74, 6) is 0.00428. The number of nitrogens with zero attached hydrogens (tertiary/aromatic N) is 4. The maximum atomic E-state index is 13.2. The van der Waals surface area contributed by atoms with Gasteiger partial charge in [-0.1, -0.05) is 6.07 Å². The number of aliphatic hydroxyl groups excluding tert-OH is 1. The first-order valence-electron chi connectivity index (χ1n) is 9.13. The highest BCUT2D eigenvalue weighted by atomic mass is 32.1. The number of thiophene rings is 2. The minimum atomic E-state index is -0.136. The zero-order valence-corrected chi connectivity index (χ0v) is 17.2. The topological polar surface area (TPSA) is 132 Å². The molecule has 10 heteroatoms. The number of fused-ring (bicyclic) bond motifs is 1. The lowest BCUT2D eigenvalue weighted by Crippen LogP contribution is -2.49. The van der Waals surface area contributed by atoms with Gasteiger partial charge in [-0.05, 0) is 11.4 Å². The first kappa shape index (κ1) is 19.6. The first-order chi connectivity index (χ1) is 14.0. The van der Waals surface area contributed by atoms with Crippen molar-refractivity contribution in [1.82, 2.24) is 14.8 Å². The summed E-state index contributed by atoms with van der Waals surface area (Å²) in [6, 6.07) is 5.93. The van der Waals surface area contributed by atoms with E-state index in [1.807, 2.05) is 17.5 Å². The van der Waals surface area contributed by atoms with E-state index in [-0.39, 0.29) is 23.9 Å². The number of pyridine rings is 1. The number of rotatable bonds is 4. The molecule has 4 rings (SSSR count). The van der Waals surface area contributed by atoms with Crippen LogP contribution in [0, 0.1) is 11.3 Å². The third-order valence-electron chi connectivity index (χ3n) is 5.05. The monoisotopic (exact) mass is 428 g/mol. The van der Waals surface area contributed by atoms with Crippen LogP contribution in [0.15, 0.2) is 17.5 Å². The molecule has 4 heterocycles. The van der Waals surface area contributed by atoms with Crippen molar-refractivity contribution in [2.75, 3.05) is 50.8 Å². The molecule has 5 N–H and O–H groups in total. The van der Waals surface area contributed by atoms with Gasteiger partial charge in [-0.2, -0.15) is 5.26 Å². The summed E-state index contributed by atoms with van der Waals surface area (Å²) in [5.41, 5.74) is 13.7. The average Bonchev–Trinajstić information content (AvgIpc) is 3.36. The molecule has 0 saturated carbocycles. The summed E-state index contributed by atoms with van der Waals surface area (Å²) in [5, 5.41) is 21.3. The molecular weight excluding hydrogens is 408 g/mol. The number of amides is 1. The molecular formula is C19H20N6O2S2. The number of nitrogens with two attached hydrogens (primary N) is 2. The maximum absolute atomic E-state index is 13.2. The Morgan fingerprint density at radius 3 is 2.69 bits per heavy atom. The molecule has 0 bridgehead atoms. The summed E-state index contributed by atoms with van der Waals surface area (Å²) < 4.78 is 0. The van der Waals surface area contributed by atoms with Crippen LogP contribution in [-0.2, 0) is 0 Å². The van der Waals surface area contributed by atoms with E-state index in [0.29, 0.717) is 59.1 Å². The van der Waals surface area contributed by atoms with Crippen LogP contribution in [-0.4, -0.2) is 65.1 Å². The minimum Gasteiger partial charge on any atom is -0.397 e. The number of nitriles is 1. The molecule has 0 unspecified atom stereocenters. The van der Waals surface area contributed by atoms with Gasteiger partial charge in [0.1, 0.15) is 27.2 Å². The number of hydrogen-bond acceptors (Lipinski definition) is 9. The van der Waals surface area contributed by atoms with Gasteiger partial charge >= 0.3 is 0 Å². The van der Waals surface area contributed by atoms with Gasteiger partial charge in [0.15, 0.2) is 0 Å². The van der Waals surface area contributed by atoms with Gasteiger partial charge in [-0.15, -0.1) is 22.7 Å². The van der Waals surface area contributed by atoms with Gasteiger partial charge in [0.2, 0.25) is 0 Å². The number of anilines is 2. The Labute approximate surface area is 175 Å². The van der Waals surface area contributed by atoms with Gasteiger partial charge in [0, 0.05) is 48.6 Å². The number of β-amino-alcohol motifs (C(OH)–C–C–N with tert-alkyl or cyclic N) is 1. The van der Waals surface area contributed by atoms with E-state index in [1.165, 1.54) is 22.7 Å². The number of carbonyl (C=O) groups is 1. The molecule has 1 aliphatic rings. The first-order valence-corrected chi connectivity index (χ1v) is 10.8. The Morgan fingerprint density at radius 2 is 2.07 bits per heavy atom. The van der Waals surface area contributed by atoms with Crippen LogP contribution in [0.1, 0.15) is 15.2 Å². The van der Waals surface area contributed by atoms with Crippen molar-refractivity contribution in [1.29, 1.82) is 5.26 Å². The fourth-order valence-electron chi connectivity index (χ4n) is 3.57. The predicted molar refractivity (Wildman–Crippen MR) is 116 cm³/mol. The van der Waals surface area contributed by atoms with Crippen molar-refractivity contribution in [3.63, 3.8) is 0 Å². The van der Waals surface area contributed by atoms with Crippen LogP contribution >= 0.6 is 22.7 Å². The van der Waals surface area contributed by atoms with Crippen LogP contribution in [0.5, 0.6) is 0 Å². The van der Waals surface area contributed by atoms with Crippen molar-refractivity contribution in [3.8, 4) is 16.5 Å². The Bertz CT molecular complexity index is 1090. The van der Waals surface area contributed by atoms with E-state index >= 15 is 0 Å². The molecule has 29 heavy (non-hydrogen) atoms. The van der Waals surface area contributed by atoms with E-state index in [4.69, 9.17) is 16.6 Å². The van der Waals surface area contributed by atoms with Gasteiger partial charge in [0.25, 0.3) is 5.91 Å². The molecule has 1 saturated heterocycles. The second-order valence-corrected chi connectivity index (χ2v) is 8.67.